The summed E-state index contributed by atoms with van der Waals surface area (Å²) in [5.74, 6) is 0.295. The smallest absolute Gasteiger partial charge is 0.147 e. The molecule has 0 unspecified atom stereocenters. The molecule has 2 rings (SSSR count). The first-order valence-corrected chi connectivity index (χ1v) is 9.39. The van der Waals surface area contributed by atoms with Crippen LogP contribution in [0.4, 0.5) is 0 Å². The Labute approximate surface area is 122 Å². The minimum absolute atomic E-state index is 0.295. The molecule has 20 heavy (non-hydrogen) atoms. The highest BCUT2D eigenvalue weighted by Crippen LogP contribution is 2.28. The van der Waals surface area contributed by atoms with E-state index in [1.165, 1.54) is 35.8 Å². The van der Waals surface area contributed by atoms with Gasteiger partial charge in [-0.2, -0.15) is 0 Å². The Balaban J connectivity index is 1.93. The van der Waals surface area contributed by atoms with Gasteiger partial charge in [-0.25, -0.2) is 8.42 Å². The molecule has 0 spiro atoms. The largest absolute Gasteiger partial charge is 0.296 e. The van der Waals surface area contributed by atoms with E-state index in [1.807, 2.05) is 0 Å². The van der Waals surface area contributed by atoms with Crippen molar-refractivity contribution < 1.29 is 8.42 Å². The maximum atomic E-state index is 11.2. The summed E-state index contributed by atoms with van der Waals surface area (Å²) in [6.07, 6.45) is 4.56. The van der Waals surface area contributed by atoms with Crippen molar-refractivity contribution in [1.82, 2.24) is 4.90 Å². The summed E-state index contributed by atoms with van der Waals surface area (Å²) < 4.78 is 22.4. The molecule has 112 valence electrons. The number of aryl methyl sites for hydroxylation is 2. The lowest BCUT2D eigenvalue weighted by atomic mass is 10.1. The van der Waals surface area contributed by atoms with E-state index in [1.54, 1.807) is 0 Å². The molecule has 0 heterocycles. The monoisotopic (exact) mass is 295 g/mol. The molecule has 0 atom stereocenters. The van der Waals surface area contributed by atoms with Gasteiger partial charge in [0, 0.05) is 18.8 Å². The SMILES string of the molecule is Cc1ccc(CN(CCCS(C)(=O)=O)C2CC2)cc1C. The quantitative estimate of drug-likeness (QED) is 0.776. The molecule has 1 aliphatic carbocycles. The average Bonchev–Trinajstić information content (AvgIpc) is 3.15. The summed E-state index contributed by atoms with van der Waals surface area (Å²) in [7, 11) is -2.84. The third-order valence-electron chi connectivity index (χ3n) is 3.98. The summed E-state index contributed by atoms with van der Waals surface area (Å²) in [6, 6.07) is 7.28. The Morgan fingerprint density at radius 3 is 2.45 bits per heavy atom. The second kappa shape index (κ2) is 6.27. The zero-order valence-electron chi connectivity index (χ0n) is 12.7. The molecule has 0 radical (unpaired) electrons. The normalized spacial score (nSPS) is 15.8. The van der Waals surface area contributed by atoms with E-state index in [2.05, 4.69) is 36.9 Å². The van der Waals surface area contributed by atoms with E-state index in [9.17, 15) is 8.42 Å². The van der Waals surface area contributed by atoms with Crippen LogP contribution in [0.3, 0.4) is 0 Å². The second-order valence-electron chi connectivity index (χ2n) is 6.10. The maximum absolute atomic E-state index is 11.2. The van der Waals surface area contributed by atoms with Crippen molar-refractivity contribution in [3.05, 3.63) is 34.9 Å². The Morgan fingerprint density at radius 2 is 1.90 bits per heavy atom. The van der Waals surface area contributed by atoms with E-state index in [4.69, 9.17) is 0 Å². The van der Waals surface area contributed by atoms with E-state index < -0.39 is 9.84 Å². The Hall–Kier alpha value is -0.870. The first kappa shape index (κ1) is 15.5. The zero-order valence-corrected chi connectivity index (χ0v) is 13.5. The lowest BCUT2D eigenvalue weighted by Gasteiger charge is -2.22. The molecule has 3 nitrogen and oxygen atoms in total. The van der Waals surface area contributed by atoms with Crippen molar-refractivity contribution in [3.8, 4) is 0 Å². The highest BCUT2D eigenvalue weighted by molar-refractivity contribution is 7.90. The number of benzene rings is 1. The van der Waals surface area contributed by atoms with Gasteiger partial charge in [0.1, 0.15) is 9.84 Å². The molecule has 0 aromatic heterocycles. The molecule has 1 aliphatic rings. The minimum atomic E-state index is -2.84. The predicted octanol–water partition coefficient (Wildman–Crippen LogP) is 2.70. The van der Waals surface area contributed by atoms with Crippen molar-refractivity contribution in [2.75, 3.05) is 18.6 Å². The molecule has 0 aliphatic heterocycles. The van der Waals surface area contributed by atoms with Crippen LogP contribution in [0.5, 0.6) is 0 Å². The summed E-state index contributed by atoms with van der Waals surface area (Å²) in [5, 5.41) is 0. The third kappa shape index (κ3) is 4.91. The van der Waals surface area contributed by atoms with Crippen LogP contribution in [-0.4, -0.2) is 37.9 Å². The fraction of sp³-hybridized carbons (Fsp3) is 0.625. The van der Waals surface area contributed by atoms with Gasteiger partial charge in [-0.1, -0.05) is 18.2 Å². The van der Waals surface area contributed by atoms with E-state index in [0.29, 0.717) is 11.8 Å². The van der Waals surface area contributed by atoms with Crippen molar-refractivity contribution in [2.45, 2.75) is 45.7 Å². The molecule has 4 heteroatoms. The van der Waals surface area contributed by atoms with Crippen LogP contribution in [0.15, 0.2) is 18.2 Å². The standard InChI is InChI=1S/C16H25NO2S/c1-13-5-6-15(11-14(13)2)12-17(16-7-8-16)9-4-10-20(3,18)19/h5-6,11,16H,4,7-10,12H2,1-3H3. The summed E-state index contributed by atoms with van der Waals surface area (Å²) in [5.41, 5.74) is 3.98. The van der Waals surface area contributed by atoms with Crippen LogP contribution in [0.2, 0.25) is 0 Å². The number of nitrogens with zero attached hydrogens (tertiary/aromatic N) is 1. The average molecular weight is 295 g/mol. The highest BCUT2D eigenvalue weighted by atomic mass is 32.2. The fourth-order valence-corrected chi connectivity index (χ4v) is 3.15. The molecule has 0 N–H and O–H groups in total. The Bertz CT molecular complexity index is 562. The Kier molecular flexibility index (Phi) is 4.86. The number of hydrogen-bond donors (Lipinski definition) is 0. The first-order valence-electron chi connectivity index (χ1n) is 7.33. The second-order valence-corrected chi connectivity index (χ2v) is 8.36. The first-order chi connectivity index (χ1) is 9.35. The molecule has 1 fully saturated rings. The van der Waals surface area contributed by atoms with Crippen molar-refractivity contribution in [2.24, 2.45) is 0 Å². The Morgan fingerprint density at radius 1 is 1.20 bits per heavy atom. The van der Waals surface area contributed by atoms with Gasteiger partial charge in [0.05, 0.1) is 5.75 Å². The molecule has 1 aromatic rings. The predicted molar refractivity (Wildman–Crippen MR) is 83.7 cm³/mol. The third-order valence-corrected chi connectivity index (χ3v) is 5.01. The van der Waals surface area contributed by atoms with Crippen molar-refractivity contribution >= 4 is 9.84 Å². The molecular formula is C16H25NO2S. The van der Waals surface area contributed by atoms with Crippen LogP contribution in [0.1, 0.15) is 36.0 Å². The molecule has 0 bridgehead atoms. The van der Waals surface area contributed by atoms with Crippen LogP contribution in [0.25, 0.3) is 0 Å². The summed E-state index contributed by atoms with van der Waals surface area (Å²) >= 11 is 0. The van der Waals surface area contributed by atoms with Crippen LogP contribution in [0, 0.1) is 13.8 Å². The van der Waals surface area contributed by atoms with Crippen LogP contribution in [-0.2, 0) is 16.4 Å². The van der Waals surface area contributed by atoms with E-state index in [0.717, 1.165) is 19.5 Å². The van der Waals surface area contributed by atoms with Crippen LogP contribution < -0.4 is 0 Å². The summed E-state index contributed by atoms with van der Waals surface area (Å²) in [6.45, 7) is 6.09. The van der Waals surface area contributed by atoms with Gasteiger partial charge in [0.2, 0.25) is 0 Å². The topological polar surface area (TPSA) is 37.4 Å². The maximum Gasteiger partial charge on any atom is 0.147 e. The zero-order chi connectivity index (χ0) is 14.8. The minimum Gasteiger partial charge on any atom is -0.296 e. The number of rotatable bonds is 7. The number of sulfone groups is 1. The molecule has 0 saturated heterocycles. The van der Waals surface area contributed by atoms with Gasteiger partial charge < -0.3 is 0 Å². The van der Waals surface area contributed by atoms with Gasteiger partial charge >= 0.3 is 0 Å². The fourth-order valence-electron chi connectivity index (χ4n) is 2.50. The molecule has 1 aromatic carbocycles. The van der Waals surface area contributed by atoms with Gasteiger partial charge in [-0.05, 0) is 56.3 Å². The molecule has 1 saturated carbocycles. The van der Waals surface area contributed by atoms with Gasteiger partial charge in [0.25, 0.3) is 0 Å². The lowest BCUT2D eigenvalue weighted by molar-refractivity contribution is 0.255. The lowest BCUT2D eigenvalue weighted by Crippen LogP contribution is -2.28. The summed E-state index contributed by atoms with van der Waals surface area (Å²) in [4.78, 5) is 2.44. The van der Waals surface area contributed by atoms with Crippen LogP contribution >= 0.6 is 0 Å². The molecule has 0 amide bonds. The van der Waals surface area contributed by atoms with Gasteiger partial charge in [-0.3, -0.25) is 4.90 Å². The molecular weight excluding hydrogens is 270 g/mol. The van der Waals surface area contributed by atoms with E-state index >= 15 is 0 Å². The van der Waals surface area contributed by atoms with E-state index in [-0.39, 0.29) is 0 Å². The number of hydrogen-bond acceptors (Lipinski definition) is 3. The van der Waals surface area contributed by atoms with Gasteiger partial charge in [0.15, 0.2) is 0 Å². The van der Waals surface area contributed by atoms with Crippen molar-refractivity contribution in [3.63, 3.8) is 0 Å². The van der Waals surface area contributed by atoms with Gasteiger partial charge in [-0.15, -0.1) is 0 Å². The highest BCUT2D eigenvalue weighted by Gasteiger charge is 2.28. The van der Waals surface area contributed by atoms with Crippen molar-refractivity contribution in [1.29, 1.82) is 0 Å².